The van der Waals surface area contributed by atoms with Crippen LogP contribution in [0.4, 0.5) is 8.78 Å². The van der Waals surface area contributed by atoms with Crippen molar-refractivity contribution in [1.29, 1.82) is 0 Å². The fraction of sp³-hybridized carbons (Fsp3) is 0.0714. The van der Waals surface area contributed by atoms with E-state index in [2.05, 4.69) is 30.9 Å². The molecule has 2 heterocycles. The van der Waals surface area contributed by atoms with Crippen LogP contribution in [-0.4, -0.2) is 15.0 Å². The molecule has 22 heavy (non-hydrogen) atoms. The standard InChI is InChI=1S/C14H7BrClF2N3O/c1-6-14(22-10-5-19-4-7(16)11(10)15)21-9-3-2-8(17)12(18)13(9)20-6/h2-5H,1H3. The first-order valence-corrected chi connectivity index (χ1v) is 7.23. The number of halogens is 4. The van der Waals surface area contributed by atoms with Crippen LogP contribution in [0.5, 0.6) is 11.6 Å². The number of aryl methyl sites for hydroxylation is 1. The van der Waals surface area contributed by atoms with E-state index in [-0.39, 0.29) is 16.9 Å². The van der Waals surface area contributed by atoms with E-state index in [9.17, 15) is 8.78 Å². The first kappa shape index (κ1) is 15.1. The number of pyridine rings is 1. The summed E-state index contributed by atoms with van der Waals surface area (Å²) < 4.78 is 33.0. The Hall–Kier alpha value is -1.86. The summed E-state index contributed by atoms with van der Waals surface area (Å²) in [6.07, 6.45) is 2.90. The van der Waals surface area contributed by atoms with Gasteiger partial charge in [0.25, 0.3) is 0 Å². The summed E-state index contributed by atoms with van der Waals surface area (Å²) in [6, 6.07) is 2.32. The van der Waals surface area contributed by atoms with Gasteiger partial charge in [-0.1, -0.05) is 11.6 Å². The molecule has 112 valence electrons. The van der Waals surface area contributed by atoms with Crippen LogP contribution in [0.3, 0.4) is 0 Å². The van der Waals surface area contributed by atoms with Crippen molar-refractivity contribution in [2.24, 2.45) is 0 Å². The maximum absolute atomic E-state index is 13.7. The smallest absolute Gasteiger partial charge is 0.241 e. The van der Waals surface area contributed by atoms with Gasteiger partial charge in [0.15, 0.2) is 17.4 Å². The molecule has 0 N–H and O–H groups in total. The predicted molar refractivity (Wildman–Crippen MR) is 81.2 cm³/mol. The van der Waals surface area contributed by atoms with Gasteiger partial charge in [0.1, 0.15) is 11.2 Å². The van der Waals surface area contributed by atoms with Crippen LogP contribution >= 0.6 is 27.5 Å². The van der Waals surface area contributed by atoms with E-state index >= 15 is 0 Å². The molecule has 0 fully saturated rings. The van der Waals surface area contributed by atoms with Crippen LogP contribution in [0, 0.1) is 18.6 Å². The summed E-state index contributed by atoms with van der Waals surface area (Å²) in [5.41, 5.74) is 0.350. The zero-order valence-electron chi connectivity index (χ0n) is 11.1. The number of nitrogens with zero attached hydrogens (tertiary/aromatic N) is 3. The molecule has 4 nitrogen and oxygen atoms in total. The van der Waals surface area contributed by atoms with Gasteiger partial charge in [-0.3, -0.25) is 4.98 Å². The number of ether oxygens (including phenoxy) is 1. The average molecular weight is 387 g/mol. The minimum Gasteiger partial charge on any atom is -0.434 e. The molecule has 0 saturated carbocycles. The van der Waals surface area contributed by atoms with Crippen molar-refractivity contribution in [3.05, 3.63) is 51.4 Å². The summed E-state index contributed by atoms with van der Waals surface area (Å²) >= 11 is 9.21. The van der Waals surface area contributed by atoms with Crippen LogP contribution in [0.15, 0.2) is 29.0 Å². The molecule has 1 aromatic carbocycles. The van der Waals surface area contributed by atoms with E-state index in [1.807, 2.05) is 0 Å². The predicted octanol–water partition coefficient (Wildman–Crippen LogP) is 4.82. The van der Waals surface area contributed by atoms with Gasteiger partial charge in [0.05, 0.1) is 21.2 Å². The molecule has 0 atom stereocenters. The van der Waals surface area contributed by atoms with Crippen LogP contribution in [-0.2, 0) is 0 Å². The maximum atomic E-state index is 13.7. The van der Waals surface area contributed by atoms with Gasteiger partial charge in [0, 0.05) is 6.20 Å². The zero-order valence-corrected chi connectivity index (χ0v) is 13.4. The third-order valence-electron chi connectivity index (χ3n) is 2.87. The molecule has 0 radical (unpaired) electrons. The fourth-order valence-corrected chi connectivity index (χ4v) is 2.24. The highest BCUT2D eigenvalue weighted by Crippen LogP contribution is 2.34. The first-order valence-electron chi connectivity index (χ1n) is 6.06. The van der Waals surface area contributed by atoms with Gasteiger partial charge < -0.3 is 4.74 Å². The molecule has 3 aromatic rings. The van der Waals surface area contributed by atoms with Crippen molar-refractivity contribution in [3.63, 3.8) is 0 Å². The van der Waals surface area contributed by atoms with Crippen molar-refractivity contribution in [2.75, 3.05) is 0 Å². The number of fused-ring (bicyclic) bond motifs is 1. The van der Waals surface area contributed by atoms with E-state index in [1.165, 1.54) is 18.5 Å². The Morgan fingerprint density at radius 1 is 1.18 bits per heavy atom. The minimum atomic E-state index is -1.04. The molecule has 0 spiro atoms. The Kier molecular flexibility index (Phi) is 3.92. The lowest BCUT2D eigenvalue weighted by atomic mass is 10.2. The van der Waals surface area contributed by atoms with Crippen molar-refractivity contribution >= 4 is 38.6 Å². The Labute approximate surface area is 137 Å². The van der Waals surface area contributed by atoms with Crippen LogP contribution in [0.1, 0.15) is 5.69 Å². The quantitative estimate of drug-likeness (QED) is 0.633. The van der Waals surface area contributed by atoms with E-state index < -0.39 is 11.6 Å². The number of aromatic nitrogens is 3. The highest BCUT2D eigenvalue weighted by Gasteiger charge is 2.15. The van der Waals surface area contributed by atoms with E-state index in [0.717, 1.165) is 6.07 Å². The molecule has 0 unspecified atom stereocenters. The van der Waals surface area contributed by atoms with Gasteiger partial charge in [0.2, 0.25) is 5.88 Å². The van der Waals surface area contributed by atoms with E-state index in [4.69, 9.17) is 16.3 Å². The minimum absolute atomic E-state index is 0.145. The van der Waals surface area contributed by atoms with Crippen LogP contribution in [0.2, 0.25) is 5.02 Å². The highest BCUT2D eigenvalue weighted by atomic mass is 79.9. The summed E-state index contributed by atoms with van der Waals surface area (Å²) in [5.74, 6) is -1.52. The maximum Gasteiger partial charge on any atom is 0.241 e. The summed E-state index contributed by atoms with van der Waals surface area (Å²) in [4.78, 5) is 12.1. The third kappa shape index (κ3) is 2.62. The monoisotopic (exact) mass is 385 g/mol. The van der Waals surface area contributed by atoms with Crippen LogP contribution < -0.4 is 4.74 Å². The first-order chi connectivity index (χ1) is 10.5. The Morgan fingerprint density at radius 3 is 2.73 bits per heavy atom. The molecule has 8 heteroatoms. The second kappa shape index (κ2) is 5.73. The fourth-order valence-electron chi connectivity index (χ4n) is 1.81. The zero-order chi connectivity index (χ0) is 15.9. The summed E-state index contributed by atoms with van der Waals surface area (Å²) in [6.45, 7) is 1.58. The van der Waals surface area contributed by atoms with Gasteiger partial charge >= 0.3 is 0 Å². The second-order valence-electron chi connectivity index (χ2n) is 4.38. The van der Waals surface area contributed by atoms with Crippen molar-refractivity contribution in [2.45, 2.75) is 6.92 Å². The lowest BCUT2D eigenvalue weighted by Gasteiger charge is -2.10. The van der Waals surface area contributed by atoms with Gasteiger partial charge in [-0.15, -0.1) is 0 Å². The molecule has 0 amide bonds. The molecule has 0 saturated heterocycles. The molecular formula is C14H7BrClF2N3O. The Balaban J connectivity index is 2.10. The number of rotatable bonds is 2. The Bertz CT molecular complexity index is 892. The topological polar surface area (TPSA) is 47.9 Å². The summed E-state index contributed by atoms with van der Waals surface area (Å²) in [5, 5.41) is 0.372. The van der Waals surface area contributed by atoms with E-state index in [0.29, 0.717) is 20.9 Å². The lowest BCUT2D eigenvalue weighted by Crippen LogP contribution is -1.99. The van der Waals surface area contributed by atoms with Crippen molar-refractivity contribution in [3.8, 4) is 11.6 Å². The van der Waals surface area contributed by atoms with Gasteiger partial charge in [-0.2, -0.15) is 0 Å². The second-order valence-corrected chi connectivity index (χ2v) is 5.58. The number of hydrogen-bond acceptors (Lipinski definition) is 4. The van der Waals surface area contributed by atoms with Crippen molar-refractivity contribution in [1.82, 2.24) is 15.0 Å². The SMILES string of the molecule is Cc1nc2c(F)c(F)ccc2nc1Oc1cncc(Cl)c1Br. The van der Waals surface area contributed by atoms with Gasteiger partial charge in [-0.05, 0) is 35.0 Å². The molecule has 2 aromatic heterocycles. The average Bonchev–Trinajstić information content (AvgIpc) is 2.49. The largest absolute Gasteiger partial charge is 0.434 e. The molecule has 3 rings (SSSR count). The highest BCUT2D eigenvalue weighted by molar-refractivity contribution is 9.10. The third-order valence-corrected chi connectivity index (χ3v) is 4.20. The molecule has 0 aliphatic rings. The molecule has 0 aliphatic heterocycles. The van der Waals surface area contributed by atoms with Crippen molar-refractivity contribution < 1.29 is 13.5 Å². The molecule has 0 bridgehead atoms. The number of hydrogen-bond donors (Lipinski definition) is 0. The lowest BCUT2D eigenvalue weighted by molar-refractivity contribution is 0.452. The normalized spacial score (nSPS) is 11.0. The summed E-state index contributed by atoms with van der Waals surface area (Å²) in [7, 11) is 0. The van der Waals surface area contributed by atoms with Gasteiger partial charge in [-0.25, -0.2) is 18.7 Å². The number of benzene rings is 1. The molecule has 0 aliphatic carbocycles. The molecular weight excluding hydrogens is 380 g/mol. The Morgan fingerprint density at radius 2 is 1.95 bits per heavy atom. The van der Waals surface area contributed by atoms with Crippen LogP contribution in [0.25, 0.3) is 11.0 Å². The van der Waals surface area contributed by atoms with E-state index in [1.54, 1.807) is 6.92 Å².